The second-order valence-electron chi connectivity index (χ2n) is 8.51. The predicted octanol–water partition coefficient (Wildman–Crippen LogP) is 4.56. The van der Waals surface area contributed by atoms with Crippen molar-refractivity contribution in [2.45, 2.75) is 26.8 Å². The van der Waals surface area contributed by atoms with Gasteiger partial charge in [-0.2, -0.15) is 0 Å². The minimum Gasteiger partial charge on any atom is -0.337 e. The van der Waals surface area contributed by atoms with Crippen LogP contribution in [0.25, 0.3) is 0 Å². The fourth-order valence-electron chi connectivity index (χ4n) is 4.77. The highest BCUT2D eigenvalue weighted by Crippen LogP contribution is 2.31. The Morgan fingerprint density at radius 2 is 1.35 bits per heavy atom. The van der Waals surface area contributed by atoms with Crippen LogP contribution in [-0.2, 0) is 0 Å². The summed E-state index contributed by atoms with van der Waals surface area (Å²) in [6.45, 7) is 12.0. The molecule has 162 valence electrons. The highest BCUT2D eigenvalue weighted by molar-refractivity contribution is 5.99. The molecule has 2 aromatic carbocycles. The maximum atomic E-state index is 13.3. The van der Waals surface area contributed by atoms with Gasteiger partial charge in [0.1, 0.15) is 0 Å². The summed E-state index contributed by atoms with van der Waals surface area (Å²) in [7, 11) is 0. The number of benzene rings is 2. The number of hydrogen-bond acceptors (Lipinski definition) is 3. The highest BCUT2D eigenvalue weighted by Gasteiger charge is 2.25. The fraction of sp³-hybridized carbons (Fsp3) is 0.370. The van der Waals surface area contributed by atoms with Gasteiger partial charge in [-0.3, -0.25) is 9.69 Å². The summed E-state index contributed by atoms with van der Waals surface area (Å²) in [6, 6.07) is 23.3. The molecule has 0 aliphatic carbocycles. The second-order valence-corrected chi connectivity index (χ2v) is 8.51. The van der Waals surface area contributed by atoms with Gasteiger partial charge < -0.3 is 9.47 Å². The number of likely N-dealkylation sites (N-methyl/N-ethyl adjacent to an activating group) is 1. The van der Waals surface area contributed by atoms with Crippen LogP contribution in [0, 0.1) is 13.8 Å². The molecule has 1 fully saturated rings. The molecule has 4 rings (SSSR count). The minimum atomic E-state index is 0.0528. The zero-order chi connectivity index (χ0) is 21.8. The number of hydrogen-bond donors (Lipinski definition) is 0. The van der Waals surface area contributed by atoms with Crippen LogP contribution in [0.3, 0.4) is 0 Å². The predicted molar refractivity (Wildman–Crippen MR) is 127 cm³/mol. The van der Waals surface area contributed by atoms with E-state index in [2.05, 4.69) is 89.7 Å². The van der Waals surface area contributed by atoms with Gasteiger partial charge in [-0.1, -0.05) is 67.6 Å². The summed E-state index contributed by atoms with van der Waals surface area (Å²) >= 11 is 0. The molecule has 2 heterocycles. The van der Waals surface area contributed by atoms with E-state index < -0.39 is 0 Å². The van der Waals surface area contributed by atoms with Crippen molar-refractivity contribution >= 4 is 5.78 Å². The molecule has 3 aromatic rings. The quantitative estimate of drug-likeness (QED) is 0.530. The number of ketones is 1. The van der Waals surface area contributed by atoms with Gasteiger partial charge in [0, 0.05) is 43.1 Å². The van der Waals surface area contributed by atoms with E-state index in [1.807, 2.05) is 12.1 Å². The van der Waals surface area contributed by atoms with Crippen LogP contribution in [0.15, 0.2) is 66.7 Å². The van der Waals surface area contributed by atoms with Gasteiger partial charge in [0.15, 0.2) is 5.78 Å². The Kier molecular flexibility index (Phi) is 6.69. The first-order valence-corrected chi connectivity index (χ1v) is 11.3. The van der Waals surface area contributed by atoms with E-state index in [1.54, 1.807) is 0 Å². The topological polar surface area (TPSA) is 28.5 Å². The molecule has 1 saturated heterocycles. The Hall–Kier alpha value is -2.69. The maximum Gasteiger partial charge on any atom is 0.178 e. The number of aromatic nitrogens is 1. The van der Waals surface area contributed by atoms with Gasteiger partial charge in [-0.05, 0) is 37.6 Å². The van der Waals surface area contributed by atoms with Crippen LogP contribution < -0.4 is 0 Å². The third-order valence-electron chi connectivity index (χ3n) is 6.55. The smallest absolute Gasteiger partial charge is 0.178 e. The van der Waals surface area contributed by atoms with Crippen molar-refractivity contribution in [1.29, 1.82) is 0 Å². The summed E-state index contributed by atoms with van der Waals surface area (Å²) in [5.41, 5.74) is 5.48. The second kappa shape index (κ2) is 9.63. The van der Waals surface area contributed by atoms with Crippen molar-refractivity contribution in [3.8, 4) is 0 Å². The standard InChI is InChI=1S/C27H33N3O/c1-4-28-15-17-29(18-16-28)20-26(31)25-19-21(2)30(22(25)3)27(23-11-7-5-8-12-23)24-13-9-6-10-14-24/h5-14,19,27H,4,15-18,20H2,1-3H3. The number of rotatable bonds is 7. The molecule has 0 atom stereocenters. The largest absolute Gasteiger partial charge is 0.337 e. The Balaban J connectivity index is 1.64. The van der Waals surface area contributed by atoms with E-state index in [9.17, 15) is 4.79 Å². The Morgan fingerprint density at radius 3 is 1.87 bits per heavy atom. The zero-order valence-corrected chi connectivity index (χ0v) is 18.9. The SMILES string of the molecule is CCN1CCN(CC(=O)c2cc(C)n(C(c3ccccc3)c3ccccc3)c2C)CC1. The summed E-state index contributed by atoms with van der Waals surface area (Å²) in [5, 5.41) is 0. The lowest BCUT2D eigenvalue weighted by molar-refractivity contribution is 0.0858. The lowest BCUT2D eigenvalue weighted by Crippen LogP contribution is -2.47. The number of Topliss-reactive ketones (excluding diaryl/α,β-unsaturated/α-hetero) is 1. The first-order valence-electron chi connectivity index (χ1n) is 11.3. The zero-order valence-electron chi connectivity index (χ0n) is 18.9. The molecular weight excluding hydrogens is 382 g/mol. The molecule has 4 nitrogen and oxygen atoms in total. The van der Waals surface area contributed by atoms with Gasteiger partial charge in [-0.25, -0.2) is 0 Å². The molecule has 0 bridgehead atoms. The normalized spacial score (nSPS) is 15.5. The molecule has 0 spiro atoms. The third kappa shape index (κ3) is 4.65. The Labute approximate surface area is 186 Å². The van der Waals surface area contributed by atoms with Crippen LogP contribution in [0.2, 0.25) is 0 Å². The number of piperazine rings is 1. The first-order chi connectivity index (χ1) is 15.1. The summed E-state index contributed by atoms with van der Waals surface area (Å²) in [4.78, 5) is 18.0. The summed E-state index contributed by atoms with van der Waals surface area (Å²) < 4.78 is 2.33. The van der Waals surface area contributed by atoms with Crippen molar-refractivity contribution in [2.24, 2.45) is 0 Å². The van der Waals surface area contributed by atoms with Crippen molar-refractivity contribution < 1.29 is 4.79 Å². The average molecular weight is 416 g/mol. The van der Waals surface area contributed by atoms with Gasteiger partial charge in [0.05, 0.1) is 12.6 Å². The molecule has 0 saturated carbocycles. The van der Waals surface area contributed by atoms with Crippen LogP contribution in [0.5, 0.6) is 0 Å². The molecule has 1 aliphatic rings. The van der Waals surface area contributed by atoms with Crippen molar-refractivity contribution in [3.63, 3.8) is 0 Å². The van der Waals surface area contributed by atoms with Crippen LogP contribution in [-0.4, -0.2) is 59.4 Å². The number of carbonyl (C=O) groups is 1. The molecule has 4 heteroatoms. The average Bonchev–Trinajstić information content (AvgIpc) is 3.10. The van der Waals surface area contributed by atoms with E-state index in [1.165, 1.54) is 11.1 Å². The van der Waals surface area contributed by atoms with Crippen LogP contribution in [0.1, 0.15) is 45.8 Å². The molecule has 0 radical (unpaired) electrons. The first kappa shape index (κ1) is 21.5. The molecule has 0 amide bonds. The fourth-order valence-corrected chi connectivity index (χ4v) is 4.77. The van der Waals surface area contributed by atoms with E-state index in [0.717, 1.165) is 49.7 Å². The van der Waals surface area contributed by atoms with Crippen LogP contribution in [0.4, 0.5) is 0 Å². The molecule has 31 heavy (non-hydrogen) atoms. The van der Waals surface area contributed by atoms with E-state index in [4.69, 9.17) is 0 Å². The molecule has 0 unspecified atom stereocenters. The maximum absolute atomic E-state index is 13.3. The Morgan fingerprint density at radius 1 is 0.839 bits per heavy atom. The minimum absolute atomic E-state index is 0.0528. The third-order valence-corrected chi connectivity index (χ3v) is 6.55. The van der Waals surface area contributed by atoms with E-state index in [-0.39, 0.29) is 11.8 Å². The molecular formula is C27H33N3O. The highest BCUT2D eigenvalue weighted by atomic mass is 16.1. The lowest BCUT2D eigenvalue weighted by atomic mass is 9.98. The number of aryl methyl sites for hydroxylation is 1. The van der Waals surface area contributed by atoms with Crippen molar-refractivity contribution in [2.75, 3.05) is 39.3 Å². The summed E-state index contributed by atoms with van der Waals surface area (Å²) in [5.74, 6) is 0.226. The number of carbonyl (C=O) groups excluding carboxylic acids is 1. The summed E-state index contributed by atoms with van der Waals surface area (Å²) in [6.07, 6.45) is 0. The molecule has 0 N–H and O–H groups in total. The lowest BCUT2D eigenvalue weighted by Gasteiger charge is -2.33. The Bertz CT molecular complexity index is 962. The van der Waals surface area contributed by atoms with E-state index >= 15 is 0 Å². The van der Waals surface area contributed by atoms with Gasteiger partial charge in [-0.15, -0.1) is 0 Å². The van der Waals surface area contributed by atoms with E-state index in [0.29, 0.717) is 6.54 Å². The monoisotopic (exact) mass is 415 g/mol. The van der Waals surface area contributed by atoms with Gasteiger partial charge in [0.2, 0.25) is 0 Å². The van der Waals surface area contributed by atoms with Crippen molar-refractivity contribution in [1.82, 2.24) is 14.4 Å². The van der Waals surface area contributed by atoms with Crippen molar-refractivity contribution in [3.05, 3.63) is 94.8 Å². The van der Waals surface area contributed by atoms with Gasteiger partial charge >= 0.3 is 0 Å². The van der Waals surface area contributed by atoms with Crippen LogP contribution >= 0.6 is 0 Å². The van der Waals surface area contributed by atoms with Gasteiger partial charge in [0.25, 0.3) is 0 Å². The molecule has 1 aromatic heterocycles. The molecule has 1 aliphatic heterocycles. The number of nitrogens with zero attached hydrogens (tertiary/aromatic N) is 3.